The third kappa shape index (κ3) is 3.88. The highest BCUT2D eigenvalue weighted by molar-refractivity contribution is 6.32. The molecule has 3 aromatic rings. The van der Waals surface area contributed by atoms with Crippen LogP contribution in [0.2, 0.25) is 5.02 Å². The normalized spacial score (nSPS) is 10.3. The Hall–Kier alpha value is -3.90. The predicted molar refractivity (Wildman–Crippen MR) is 105 cm³/mol. The molecular weight excluding hydrogens is 396 g/mol. The van der Waals surface area contributed by atoms with E-state index >= 15 is 0 Å². The van der Waals surface area contributed by atoms with Gasteiger partial charge in [0.2, 0.25) is 5.88 Å². The van der Waals surface area contributed by atoms with E-state index < -0.39 is 11.8 Å². The Balaban J connectivity index is 2.08. The molecule has 2 amide bonds. The van der Waals surface area contributed by atoms with Gasteiger partial charge in [0.15, 0.2) is 5.82 Å². The molecule has 0 saturated heterocycles. The first kappa shape index (κ1) is 19.9. The van der Waals surface area contributed by atoms with Gasteiger partial charge in [-0.3, -0.25) is 9.59 Å². The summed E-state index contributed by atoms with van der Waals surface area (Å²) in [5, 5.41) is 16.2. The maximum absolute atomic E-state index is 13.0. The molecule has 1 aromatic carbocycles. The molecule has 10 heteroatoms. The molecule has 2 aromatic heterocycles. The number of anilines is 1. The van der Waals surface area contributed by atoms with Gasteiger partial charge in [0, 0.05) is 12.3 Å². The molecule has 0 saturated carbocycles. The van der Waals surface area contributed by atoms with Crippen molar-refractivity contribution in [3.63, 3.8) is 0 Å². The van der Waals surface area contributed by atoms with E-state index in [1.807, 2.05) is 6.07 Å². The lowest BCUT2D eigenvalue weighted by molar-refractivity contribution is 0.100. The molecule has 9 nitrogen and oxygen atoms in total. The summed E-state index contributed by atoms with van der Waals surface area (Å²) < 4.78 is 6.36. The molecule has 0 spiro atoms. The van der Waals surface area contributed by atoms with Crippen LogP contribution in [-0.4, -0.2) is 33.7 Å². The number of nitrogens with zero attached hydrogens (tertiary/aromatic N) is 4. The molecule has 0 atom stereocenters. The molecular formula is C19H15ClN6O3. The number of methoxy groups -OCH3 is 1. The zero-order chi connectivity index (χ0) is 21.1. The number of hydrogen-bond acceptors (Lipinski definition) is 6. The van der Waals surface area contributed by atoms with Gasteiger partial charge in [-0.05, 0) is 36.8 Å². The van der Waals surface area contributed by atoms with E-state index in [0.717, 1.165) is 0 Å². The summed E-state index contributed by atoms with van der Waals surface area (Å²) in [5.74, 6) is -0.977. The standard InChI is InChI=1S/C19H15ClN6O3/c1-10-6-11(9-21)7-12(17(22)27)16(10)24-19(28)14-8-15(29-2)25-26(14)18-13(20)4-3-5-23-18/h3-8H,1-2H3,(H2,22,27)(H,24,28). The number of pyridine rings is 1. The summed E-state index contributed by atoms with van der Waals surface area (Å²) in [7, 11) is 1.41. The molecule has 146 valence electrons. The highest BCUT2D eigenvalue weighted by Crippen LogP contribution is 2.26. The van der Waals surface area contributed by atoms with Crippen molar-refractivity contribution in [2.24, 2.45) is 5.73 Å². The first-order chi connectivity index (χ1) is 13.8. The van der Waals surface area contributed by atoms with Gasteiger partial charge < -0.3 is 15.8 Å². The molecule has 0 fully saturated rings. The second-order valence-corrected chi connectivity index (χ2v) is 6.35. The Morgan fingerprint density at radius 3 is 2.72 bits per heavy atom. The van der Waals surface area contributed by atoms with Crippen molar-refractivity contribution < 1.29 is 14.3 Å². The lowest BCUT2D eigenvalue weighted by Crippen LogP contribution is -2.22. The summed E-state index contributed by atoms with van der Waals surface area (Å²) in [5.41, 5.74) is 6.46. The zero-order valence-corrected chi connectivity index (χ0v) is 16.2. The third-order valence-electron chi connectivity index (χ3n) is 4.04. The van der Waals surface area contributed by atoms with E-state index in [4.69, 9.17) is 27.3 Å². The van der Waals surface area contributed by atoms with Gasteiger partial charge in [0.1, 0.15) is 5.69 Å². The minimum atomic E-state index is -0.778. The van der Waals surface area contributed by atoms with Gasteiger partial charge in [0.05, 0.1) is 35.0 Å². The molecule has 29 heavy (non-hydrogen) atoms. The number of benzene rings is 1. The van der Waals surface area contributed by atoms with Crippen molar-refractivity contribution in [2.75, 3.05) is 12.4 Å². The maximum Gasteiger partial charge on any atom is 0.274 e. The molecule has 2 heterocycles. The fourth-order valence-corrected chi connectivity index (χ4v) is 2.91. The second kappa shape index (κ2) is 8.00. The van der Waals surface area contributed by atoms with Crippen molar-refractivity contribution in [1.82, 2.24) is 14.8 Å². The van der Waals surface area contributed by atoms with Gasteiger partial charge >= 0.3 is 0 Å². The van der Waals surface area contributed by atoms with Gasteiger partial charge in [-0.2, -0.15) is 5.26 Å². The first-order valence-electron chi connectivity index (χ1n) is 8.26. The number of nitrogens with one attached hydrogen (secondary N) is 1. The number of amides is 2. The van der Waals surface area contributed by atoms with Crippen molar-refractivity contribution in [3.05, 3.63) is 63.9 Å². The summed E-state index contributed by atoms with van der Waals surface area (Å²) >= 11 is 6.19. The Morgan fingerprint density at radius 1 is 1.34 bits per heavy atom. The quantitative estimate of drug-likeness (QED) is 0.663. The number of ether oxygens (including phenoxy) is 1. The van der Waals surface area contributed by atoms with E-state index in [1.165, 1.54) is 36.2 Å². The first-order valence-corrected chi connectivity index (χ1v) is 8.64. The molecule has 0 aliphatic carbocycles. The predicted octanol–water partition coefficient (Wildman–Crippen LogP) is 2.46. The zero-order valence-electron chi connectivity index (χ0n) is 15.4. The van der Waals surface area contributed by atoms with Crippen LogP contribution >= 0.6 is 11.6 Å². The summed E-state index contributed by atoms with van der Waals surface area (Å²) in [6.07, 6.45) is 1.51. The van der Waals surface area contributed by atoms with Crippen LogP contribution in [0.15, 0.2) is 36.5 Å². The van der Waals surface area contributed by atoms with E-state index in [1.54, 1.807) is 19.1 Å². The molecule has 0 aliphatic heterocycles. The van der Waals surface area contributed by atoms with E-state index in [2.05, 4.69) is 15.4 Å². The van der Waals surface area contributed by atoms with E-state index in [0.29, 0.717) is 5.56 Å². The number of primary amides is 1. The number of aromatic nitrogens is 3. The highest BCUT2D eigenvalue weighted by atomic mass is 35.5. The van der Waals surface area contributed by atoms with E-state index in [-0.39, 0.29) is 39.2 Å². The highest BCUT2D eigenvalue weighted by Gasteiger charge is 2.22. The summed E-state index contributed by atoms with van der Waals surface area (Å²) in [4.78, 5) is 29.0. The van der Waals surface area contributed by atoms with Crippen molar-refractivity contribution in [3.8, 4) is 17.8 Å². The van der Waals surface area contributed by atoms with Crippen LogP contribution in [0.25, 0.3) is 5.82 Å². The van der Waals surface area contributed by atoms with Crippen LogP contribution in [0.4, 0.5) is 5.69 Å². The monoisotopic (exact) mass is 410 g/mol. The number of carbonyl (C=O) groups is 2. The molecule has 3 N–H and O–H groups in total. The molecule has 0 bridgehead atoms. The maximum atomic E-state index is 13.0. The Bertz CT molecular complexity index is 1170. The Morgan fingerprint density at radius 2 is 2.10 bits per heavy atom. The molecule has 0 unspecified atom stereocenters. The average Bonchev–Trinajstić information content (AvgIpc) is 3.13. The van der Waals surface area contributed by atoms with Crippen LogP contribution in [0.3, 0.4) is 0 Å². The van der Waals surface area contributed by atoms with Gasteiger partial charge in [-0.25, -0.2) is 9.67 Å². The Labute approximate surface area is 170 Å². The molecule has 0 radical (unpaired) electrons. The fraction of sp³-hybridized carbons (Fsp3) is 0.105. The fourth-order valence-electron chi connectivity index (χ4n) is 2.71. The third-order valence-corrected chi connectivity index (χ3v) is 4.33. The second-order valence-electron chi connectivity index (χ2n) is 5.94. The smallest absolute Gasteiger partial charge is 0.274 e. The number of nitriles is 1. The van der Waals surface area contributed by atoms with Gasteiger partial charge in [-0.1, -0.05) is 11.6 Å². The largest absolute Gasteiger partial charge is 0.480 e. The molecule has 3 rings (SSSR count). The van der Waals surface area contributed by atoms with Crippen LogP contribution in [0, 0.1) is 18.3 Å². The van der Waals surface area contributed by atoms with E-state index in [9.17, 15) is 9.59 Å². The van der Waals surface area contributed by atoms with Gasteiger partial charge in [0.25, 0.3) is 11.8 Å². The Kier molecular flexibility index (Phi) is 5.47. The lowest BCUT2D eigenvalue weighted by Gasteiger charge is -2.13. The molecule has 0 aliphatic rings. The topological polar surface area (TPSA) is 136 Å². The van der Waals surface area contributed by atoms with Crippen LogP contribution < -0.4 is 15.8 Å². The van der Waals surface area contributed by atoms with Crippen LogP contribution in [0.5, 0.6) is 5.88 Å². The minimum absolute atomic E-state index is 0.0174. The average molecular weight is 411 g/mol. The van der Waals surface area contributed by atoms with Gasteiger partial charge in [-0.15, -0.1) is 5.10 Å². The summed E-state index contributed by atoms with van der Waals surface area (Å²) in [6.45, 7) is 1.65. The van der Waals surface area contributed by atoms with Crippen molar-refractivity contribution in [1.29, 1.82) is 5.26 Å². The number of rotatable bonds is 5. The number of halogens is 1. The van der Waals surface area contributed by atoms with Crippen LogP contribution in [0.1, 0.15) is 32.0 Å². The minimum Gasteiger partial charge on any atom is -0.480 e. The van der Waals surface area contributed by atoms with Crippen molar-refractivity contribution >= 4 is 29.1 Å². The van der Waals surface area contributed by atoms with Crippen molar-refractivity contribution in [2.45, 2.75) is 6.92 Å². The van der Waals surface area contributed by atoms with Crippen LogP contribution in [-0.2, 0) is 0 Å². The number of nitrogens with two attached hydrogens (primary N) is 1. The number of hydrogen-bond donors (Lipinski definition) is 2. The summed E-state index contributed by atoms with van der Waals surface area (Å²) in [6, 6.07) is 9.46. The number of aryl methyl sites for hydroxylation is 1. The lowest BCUT2D eigenvalue weighted by atomic mass is 10.0. The number of carbonyl (C=O) groups excluding carboxylic acids is 2. The SMILES string of the molecule is COc1cc(C(=O)Nc2c(C)cc(C#N)cc2C(N)=O)n(-c2ncccc2Cl)n1.